The summed E-state index contributed by atoms with van der Waals surface area (Å²) in [6.45, 7) is 2.01. The lowest BCUT2D eigenvalue weighted by Gasteiger charge is -1.95. The minimum atomic E-state index is 0.835. The van der Waals surface area contributed by atoms with E-state index in [-0.39, 0.29) is 0 Å². The summed E-state index contributed by atoms with van der Waals surface area (Å²) in [5.74, 6) is 1.86. The van der Waals surface area contributed by atoms with Crippen molar-refractivity contribution in [3.8, 4) is 11.4 Å². The highest BCUT2D eigenvalue weighted by molar-refractivity contribution is 5.80. The highest BCUT2D eigenvalue weighted by Crippen LogP contribution is 2.20. The van der Waals surface area contributed by atoms with Gasteiger partial charge in [-0.25, -0.2) is 9.97 Å². The SMILES string of the molecule is C/C=C/Cc1nc2ccc(-c3ncc[nH]3)cc2[nH]1. The molecule has 0 spiro atoms. The van der Waals surface area contributed by atoms with Crippen LogP contribution in [0.15, 0.2) is 42.7 Å². The van der Waals surface area contributed by atoms with Gasteiger partial charge in [-0.3, -0.25) is 0 Å². The van der Waals surface area contributed by atoms with Gasteiger partial charge in [-0.05, 0) is 25.1 Å². The lowest BCUT2D eigenvalue weighted by molar-refractivity contribution is 1.07. The Balaban J connectivity index is 2.01. The van der Waals surface area contributed by atoms with Crippen molar-refractivity contribution in [1.29, 1.82) is 0 Å². The van der Waals surface area contributed by atoms with Crippen LogP contribution in [0, 0.1) is 0 Å². The Bertz CT molecular complexity index is 677. The zero-order chi connectivity index (χ0) is 12.4. The molecule has 0 aliphatic carbocycles. The van der Waals surface area contributed by atoms with Gasteiger partial charge in [0, 0.05) is 24.4 Å². The van der Waals surface area contributed by atoms with Crippen molar-refractivity contribution in [2.75, 3.05) is 0 Å². The Hall–Kier alpha value is -2.36. The molecule has 0 unspecified atom stereocenters. The van der Waals surface area contributed by atoms with E-state index >= 15 is 0 Å². The fourth-order valence-electron chi connectivity index (χ4n) is 1.96. The number of benzene rings is 1. The largest absolute Gasteiger partial charge is 0.345 e. The maximum absolute atomic E-state index is 4.54. The Morgan fingerprint density at radius 1 is 1.33 bits per heavy atom. The van der Waals surface area contributed by atoms with Crippen LogP contribution in [0.2, 0.25) is 0 Å². The highest BCUT2D eigenvalue weighted by atomic mass is 14.9. The first-order valence-electron chi connectivity index (χ1n) is 5.96. The number of aromatic amines is 2. The van der Waals surface area contributed by atoms with E-state index < -0.39 is 0 Å². The van der Waals surface area contributed by atoms with Crippen molar-refractivity contribution in [3.63, 3.8) is 0 Å². The molecule has 0 aliphatic rings. The van der Waals surface area contributed by atoms with Gasteiger partial charge in [-0.2, -0.15) is 0 Å². The third-order valence-electron chi connectivity index (χ3n) is 2.85. The smallest absolute Gasteiger partial charge is 0.137 e. The third kappa shape index (κ3) is 1.93. The summed E-state index contributed by atoms with van der Waals surface area (Å²) >= 11 is 0. The molecular formula is C14H14N4. The molecule has 4 nitrogen and oxygen atoms in total. The molecule has 3 aromatic rings. The maximum Gasteiger partial charge on any atom is 0.137 e. The zero-order valence-corrected chi connectivity index (χ0v) is 10.1. The molecule has 2 aromatic heterocycles. The van der Waals surface area contributed by atoms with E-state index in [2.05, 4.69) is 32.1 Å². The predicted octanol–water partition coefficient (Wildman–Crippen LogP) is 3.07. The van der Waals surface area contributed by atoms with Gasteiger partial charge in [0.15, 0.2) is 0 Å². The molecule has 2 heterocycles. The summed E-state index contributed by atoms with van der Waals surface area (Å²) in [7, 11) is 0. The van der Waals surface area contributed by atoms with Crippen molar-refractivity contribution >= 4 is 11.0 Å². The third-order valence-corrected chi connectivity index (χ3v) is 2.85. The maximum atomic E-state index is 4.54. The first-order valence-corrected chi connectivity index (χ1v) is 5.96. The van der Waals surface area contributed by atoms with Gasteiger partial charge in [0.2, 0.25) is 0 Å². The van der Waals surface area contributed by atoms with E-state index in [1.165, 1.54) is 0 Å². The lowest BCUT2D eigenvalue weighted by atomic mass is 10.2. The summed E-state index contributed by atoms with van der Waals surface area (Å²) in [4.78, 5) is 15.2. The van der Waals surface area contributed by atoms with Crippen LogP contribution in [0.5, 0.6) is 0 Å². The number of nitrogens with one attached hydrogen (secondary N) is 2. The first-order chi connectivity index (χ1) is 8.86. The number of allylic oxidation sites excluding steroid dienone is 2. The minimum absolute atomic E-state index is 0.835. The minimum Gasteiger partial charge on any atom is -0.345 e. The Kier molecular flexibility index (Phi) is 2.68. The van der Waals surface area contributed by atoms with Crippen LogP contribution in [0.3, 0.4) is 0 Å². The van der Waals surface area contributed by atoms with Crippen LogP contribution >= 0.6 is 0 Å². The van der Waals surface area contributed by atoms with Crippen molar-refractivity contribution < 1.29 is 0 Å². The average molecular weight is 238 g/mol. The van der Waals surface area contributed by atoms with Gasteiger partial charge in [0.25, 0.3) is 0 Å². The van der Waals surface area contributed by atoms with Gasteiger partial charge in [-0.15, -0.1) is 0 Å². The molecule has 3 rings (SSSR count). The molecule has 4 heteroatoms. The van der Waals surface area contributed by atoms with Crippen molar-refractivity contribution in [1.82, 2.24) is 19.9 Å². The summed E-state index contributed by atoms with van der Waals surface area (Å²) in [6, 6.07) is 6.12. The number of H-pyrrole nitrogens is 2. The molecule has 18 heavy (non-hydrogen) atoms. The molecule has 0 aliphatic heterocycles. The zero-order valence-electron chi connectivity index (χ0n) is 10.1. The molecular weight excluding hydrogens is 224 g/mol. The Morgan fingerprint density at radius 3 is 3.06 bits per heavy atom. The van der Waals surface area contributed by atoms with Crippen molar-refractivity contribution in [2.24, 2.45) is 0 Å². The second-order valence-corrected chi connectivity index (χ2v) is 4.13. The molecule has 0 saturated heterocycles. The molecule has 0 amide bonds. The van der Waals surface area contributed by atoms with Crippen molar-refractivity contribution in [2.45, 2.75) is 13.3 Å². The Labute approximate surface area is 105 Å². The standard InChI is InChI=1S/C14H14N4/c1-2-3-4-13-17-11-6-5-10(9-12(11)18-13)14-15-7-8-16-14/h2-3,5-9H,4H2,1H3,(H,15,16)(H,17,18)/b3-2+. The second-order valence-electron chi connectivity index (χ2n) is 4.13. The number of hydrogen-bond donors (Lipinski definition) is 2. The molecule has 1 aromatic carbocycles. The quantitative estimate of drug-likeness (QED) is 0.689. The van der Waals surface area contributed by atoms with E-state index in [1.54, 1.807) is 6.20 Å². The first kappa shape index (κ1) is 10.8. The van der Waals surface area contributed by atoms with Crippen LogP contribution in [0.1, 0.15) is 12.7 Å². The number of fused-ring (bicyclic) bond motifs is 1. The summed E-state index contributed by atoms with van der Waals surface area (Å²) in [6.07, 6.45) is 8.53. The molecule has 0 radical (unpaired) electrons. The van der Waals surface area contributed by atoms with Crippen LogP contribution in [0.25, 0.3) is 22.4 Å². The van der Waals surface area contributed by atoms with E-state index in [9.17, 15) is 0 Å². The molecule has 0 bridgehead atoms. The van der Waals surface area contributed by atoms with Crippen LogP contribution < -0.4 is 0 Å². The van der Waals surface area contributed by atoms with Gasteiger partial charge >= 0.3 is 0 Å². The number of rotatable bonds is 3. The molecule has 90 valence electrons. The summed E-state index contributed by atoms with van der Waals surface area (Å²) in [5.41, 5.74) is 3.10. The van der Waals surface area contributed by atoms with Crippen LogP contribution in [-0.4, -0.2) is 19.9 Å². The fourth-order valence-corrected chi connectivity index (χ4v) is 1.96. The number of nitrogens with zero attached hydrogens (tertiary/aromatic N) is 2. The van der Waals surface area contributed by atoms with Crippen LogP contribution in [0.4, 0.5) is 0 Å². The molecule has 0 atom stereocenters. The number of aromatic nitrogens is 4. The van der Waals surface area contributed by atoms with E-state index in [0.29, 0.717) is 0 Å². The topological polar surface area (TPSA) is 57.4 Å². The summed E-state index contributed by atoms with van der Waals surface area (Å²) in [5, 5.41) is 0. The predicted molar refractivity (Wildman–Crippen MR) is 72.2 cm³/mol. The number of imidazole rings is 2. The van der Waals surface area contributed by atoms with Gasteiger partial charge in [-0.1, -0.05) is 12.2 Å². The van der Waals surface area contributed by atoms with Crippen molar-refractivity contribution in [3.05, 3.63) is 48.6 Å². The molecule has 2 N–H and O–H groups in total. The van der Waals surface area contributed by atoms with Crippen LogP contribution in [-0.2, 0) is 6.42 Å². The molecule has 0 fully saturated rings. The fraction of sp³-hybridized carbons (Fsp3) is 0.143. The summed E-state index contributed by atoms with van der Waals surface area (Å²) < 4.78 is 0. The van der Waals surface area contributed by atoms with E-state index in [0.717, 1.165) is 34.7 Å². The normalized spacial score (nSPS) is 11.6. The van der Waals surface area contributed by atoms with Gasteiger partial charge in [0.05, 0.1) is 11.0 Å². The van der Waals surface area contributed by atoms with Gasteiger partial charge < -0.3 is 9.97 Å². The highest BCUT2D eigenvalue weighted by Gasteiger charge is 2.05. The second kappa shape index (κ2) is 4.49. The Morgan fingerprint density at radius 2 is 2.28 bits per heavy atom. The molecule has 0 saturated carbocycles. The van der Waals surface area contributed by atoms with E-state index in [1.807, 2.05) is 31.3 Å². The van der Waals surface area contributed by atoms with E-state index in [4.69, 9.17) is 0 Å². The average Bonchev–Trinajstić information content (AvgIpc) is 3.03. The monoisotopic (exact) mass is 238 g/mol. The number of hydrogen-bond acceptors (Lipinski definition) is 2. The van der Waals surface area contributed by atoms with Gasteiger partial charge in [0.1, 0.15) is 11.6 Å². The lowest BCUT2D eigenvalue weighted by Crippen LogP contribution is -1.82.